The Hall–Kier alpha value is -1.06. The lowest BCUT2D eigenvalue weighted by molar-refractivity contribution is -0.158. The number of esters is 2. The normalized spacial score (nSPS) is 32.9. The highest BCUT2D eigenvalue weighted by atomic mass is 16.6. The van der Waals surface area contributed by atoms with Crippen LogP contribution in [-0.4, -0.2) is 24.1 Å². The van der Waals surface area contributed by atoms with Crippen molar-refractivity contribution < 1.29 is 19.1 Å². The van der Waals surface area contributed by atoms with Gasteiger partial charge in [0.05, 0.1) is 12.5 Å². The molecule has 0 saturated heterocycles. The van der Waals surface area contributed by atoms with E-state index in [1.807, 2.05) is 20.8 Å². The van der Waals surface area contributed by atoms with Gasteiger partial charge in [-0.1, -0.05) is 41.0 Å². The maximum atomic E-state index is 12.5. The van der Waals surface area contributed by atoms with E-state index in [0.717, 1.165) is 6.42 Å². The second kappa shape index (κ2) is 8.13. The van der Waals surface area contributed by atoms with E-state index in [-0.39, 0.29) is 29.2 Å². The van der Waals surface area contributed by atoms with E-state index < -0.39 is 5.60 Å². The van der Waals surface area contributed by atoms with Crippen molar-refractivity contribution in [2.24, 2.45) is 40.9 Å². The van der Waals surface area contributed by atoms with Gasteiger partial charge < -0.3 is 9.47 Å². The van der Waals surface area contributed by atoms with Crippen LogP contribution in [0, 0.1) is 40.9 Å². The molecule has 0 aromatic rings. The first kappa shape index (κ1) is 22.2. The zero-order valence-corrected chi connectivity index (χ0v) is 18.6. The Morgan fingerprint density at radius 2 is 1.78 bits per heavy atom. The first-order valence-corrected chi connectivity index (χ1v) is 10.7. The topological polar surface area (TPSA) is 52.6 Å². The molecule has 5 unspecified atom stereocenters. The maximum absolute atomic E-state index is 12.5. The monoisotopic (exact) mass is 380 g/mol. The van der Waals surface area contributed by atoms with Crippen LogP contribution in [0.25, 0.3) is 0 Å². The lowest BCUT2D eigenvalue weighted by atomic mass is 9.69. The lowest BCUT2D eigenvalue weighted by Crippen LogP contribution is -2.30. The zero-order chi connectivity index (χ0) is 20.6. The third-order valence-corrected chi connectivity index (χ3v) is 6.72. The van der Waals surface area contributed by atoms with Crippen molar-refractivity contribution in [3.8, 4) is 0 Å². The Morgan fingerprint density at radius 1 is 1.15 bits per heavy atom. The Kier molecular flexibility index (Phi) is 6.69. The van der Waals surface area contributed by atoms with Crippen LogP contribution in [0.4, 0.5) is 0 Å². The fourth-order valence-corrected chi connectivity index (χ4v) is 4.98. The molecule has 0 aromatic heterocycles. The molecule has 0 N–H and O–H groups in total. The van der Waals surface area contributed by atoms with E-state index in [0.29, 0.717) is 36.7 Å². The number of rotatable bonds is 6. The summed E-state index contributed by atoms with van der Waals surface area (Å²) in [6, 6.07) is 0. The Bertz CT molecular complexity index is 543. The van der Waals surface area contributed by atoms with Crippen molar-refractivity contribution in [1.82, 2.24) is 0 Å². The van der Waals surface area contributed by atoms with Gasteiger partial charge in [0.2, 0.25) is 0 Å². The second-order valence-corrected chi connectivity index (χ2v) is 10.9. The molecule has 27 heavy (non-hydrogen) atoms. The van der Waals surface area contributed by atoms with Crippen molar-refractivity contribution in [2.45, 2.75) is 86.7 Å². The van der Waals surface area contributed by atoms with Crippen molar-refractivity contribution in [2.75, 3.05) is 6.61 Å². The zero-order valence-electron chi connectivity index (χ0n) is 18.6. The number of carbonyl (C=O) groups is 2. The Labute approximate surface area is 165 Å². The van der Waals surface area contributed by atoms with E-state index >= 15 is 0 Å². The molecule has 156 valence electrons. The van der Waals surface area contributed by atoms with Gasteiger partial charge in [-0.3, -0.25) is 9.59 Å². The summed E-state index contributed by atoms with van der Waals surface area (Å²) in [5, 5.41) is 0. The molecule has 4 heteroatoms. The van der Waals surface area contributed by atoms with Gasteiger partial charge >= 0.3 is 11.9 Å². The summed E-state index contributed by atoms with van der Waals surface area (Å²) in [5.74, 6) is 1.94. The minimum absolute atomic E-state index is 0.0578. The second-order valence-electron chi connectivity index (χ2n) is 10.9. The van der Waals surface area contributed by atoms with E-state index in [4.69, 9.17) is 9.47 Å². The molecule has 2 aliphatic rings. The molecule has 0 bridgehead atoms. The molecule has 2 rings (SSSR count). The van der Waals surface area contributed by atoms with Gasteiger partial charge in [-0.2, -0.15) is 0 Å². The molecule has 0 heterocycles. The van der Waals surface area contributed by atoms with E-state index in [1.54, 1.807) is 0 Å². The molecular weight excluding hydrogens is 340 g/mol. The van der Waals surface area contributed by atoms with E-state index in [1.165, 1.54) is 12.8 Å². The molecule has 0 radical (unpaired) electrons. The van der Waals surface area contributed by atoms with Gasteiger partial charge in [-0.15, -0.1) is 0 Å². The average Bonchev–Trinajstić information content (AvgIpc) is 3.04. The largest absolute Gasteiger partial charge is 0.465 e. The fourth-order valence-electron chi connectivity index (χ4n) is 4.98. The van der Waals surface area contributed by atoms with Crippen molar-refractivity contribution in [3.63, 3.8) is 0 Å². The molecule has 2 fully saturated rings. The van der Waals surface area contributed by atoms with Crippen molar-refractivity contribution in [1.29, 1.82) is 0 Å². The molecule has 0 aliphatic heterocycles. The third-order valence-electron chi connectivity index (χ3n) is 6.72. The average molecular weight is 381 g/mol. The lowest BCUT2D eigenvalue weighted by Gasteiger charge is -2.37. The molecule has 4 nitrogen and oxygen atoms in total. The first-order chi connectivity index (χ1) is 12.3. The molecule has 0 spiro atoms. The van der Waals surface area contributed by atoms with Crippen LogP contribution in [0.3, 0.4) is 0 Å². The van der Waals surface area contributed by atoms with Gasteiger partial charge in [-0.25, -0.2) is 0 Å². The number of carbonyl (C=O) groups excluding carboxylic acids is 2. The summed E-state index contributed by atoms with van der Waals surface area (Å²) in [5.41, 5.74) is -0.650. The fraction of sp³-hybridized carbons (Fsp3) is 0.913. The highest BCUT2D eigenvalue weighted by molar-refractivity contribution is 5.78. The molecule has 2 aliphatic carbocycles. The summed E-state index contributed by atoms with van der Waals surface area (Å²) < 4.78 is 11.2. The van der Waals surface area contributed by atoms with Crippen LogP contribution < -0.4 is 0 Å². The molecule has 5 atom stereocenters. The predicted molar refractivity (Wildman–Crippen MR) is 107 cm³/mol. The van der Waals surface area contributed by atoms with Crippen LogP contribution in [-0.2, 0) is 19.1 Å². The third kappa shape index (κ3) is 5.71. The first-order valence-electron chi connectivity index (χ1n) is 10.7. The standard InChI is InChI=1S/C23H40O4/c1-14(2)17-10-9-15(3)11-16(17)12-19(24)26-13-18-20(23(18,7)8)21(25)27-22(4,5)6/h14-18,20H,9-13H2,1-8H3. The quantitative estimate of drug-likeness (QED) is 0.591. The van der Waals surface area contributed by atoms with Crippen molar-refractivity contribution in [3.05, 3.63) is 0 Å². The molecular formula is C23H40O4. The minimum Gasteiger partial charge on any atom is -0.465 e. The Morgan fingerprint density at radius 3 is 2.33 bits per heavy atom. The molecule has 0 aromatic carbocycles. The summed E-state index contributed by atoms with van der Waals surface area (Å²) in [6.07, 6.45) is 4.11. The summed E-state index contributed by atoms with van der Waals surface area (Å²) in [7, 11) is 0. The highest BCUT2D eigenvalue weighted by Gasteiger charge is 2.63. The number of hydrogen-bond donors (Lipinski definition) is 0. The van der Waals surface area contributed by atoms with Gasteiger partial charge in [0, 0.05) is 12.3 Å². The van der Waals surface area contributed by atoms with Crippen LogP contribution in [0.5, 0.6) is 0 Å². The van der Waals surface area contributed by atoms with Crippen LogP contribution in [0.2, 0.25) is 0 Å². The van der Waals surface area contributed by atoms with Crippen molar-refractivity contribution >= 4 is 11.9 Å². The van der Waals surface area contributed by atoms with Crippen LogP contribution >= 0.6 is 0 Å². The summed E-state index contributed by atoms with van der Waals surface area (Å²) in [6.45, 7) is 16.9. The summed E-state index contributed by atoms with van der Waals surface area (Å²) >= 11 is 0. The van der Waals surface area contributed by atoms with Crippen LogP contribution in [0.15, 0.2) is 0 Å². The molecule has 0 amide bonds. The minimum atomic E-state index is -0.486. The maximum Gasteiger partial charge on any atom is 0.310 e. The summed E-state index contributed by atoms with van der Waals surface area (Å²) in [4.78, 5) is 24.9. The van der Waals surface area contributed by atoms with E-state index in [2.05, 4.69) is 34.6 Å². The smallest absolute Gasteiger partial charge is 0.310 e. The number of ether oxygens (including phenoxy) is 2. The number of hydrogen-bond acceptors (Lipinski definition) is 4. The van der Waals surface area contributed by atoms with Gasteiger partial charge in [0.25, 0.3) is 0 Å². The predicted octanol–water partition coefficient (Wildman–Crippen LogP) is 5.24. The molecule has 2 saturated carbocycles. The van der Waals surface area contributed by atoms with Crippen LogP contribution in [0.1, 0.15) is 81.1 Å². The SMILES string of the molecule is CC1CCC(C(C)C)C(CC(=O)OCC2C(C(=O)OC(C)(C)C)C2(C)C)C1. The van der Waals surface area contributed by atoms with Gasteiger partial charge in [-0.05, 0) is 62.7 Å². The van der Waals surface area contributed by atoms with E-state index in [9.17, 15) is 9.59 Å². The van der Waals surface area contributed by atoms with Gasteiger partial charge in [0.15, 0.2) is 0 Å². The highest BCUT2D eigenvalue weighted by Crippen LogP contribution is 2.59. The van der Waals surface area contributed by atoms with Gasteiger partial charge in [0.1, 0.15) is 5.60 Å². The Balaban J connectivity index is 1.85.